The van der Waals surface area contributed by atoms with Gasteiger partial charge in [0.1, 0.15) is 5.03 Å². The molecule has 0 saturated heterocycles. The van der Waals surface area contributed by atoms with Gasteiger partial charge in [-0.25, -0.2) is 9.67 Å². The van der Waals surface area contributed by atoms with Crippen molar-refractivity contribution in [1.82, 2.24) is 14.8 Å². The maximum absolute atomic E-state index is 12.9. The second-order valence-corrected chi connectivity index (χ2v) is 5.02. The van der Waals surface area contributed by atoms with Gasteiger partial charge in [0.2, 0.25) is 0 Å². The summed E-state index contributed by atoms with van der Waals surface area (Å²) in [6.07, 6.45) is -3.19. The van der Waals surface area contributed by atoms with Crippen LogP contribution in [-0.2, 0) is 11.0 Å². The standard InChI is InChI=1S/C12H10F3N3O2S/c1-7-10(12(13,14)15)17-18(8-4-2-3-5-16-8)11(7)21-6-9(19)20/h2-5H,6H2,1H3,(H,19,20). The first-order valence-electron chi connectivity index (χ1n) is 5.73. The van der Waals surface area contributed by atoms with Gasteiger partial charge < -0.3 is 5.11 Å². The number of halogens is 3. The molecule has 5 nitrogen and oxygen atoms in total. The number of rotatable bonds is 4. The van der Waals surface area contributed by atoms with E-state index in [1.165, 1.54) is 19.2 Å². The van der Waals surface area contributed by atoms with Crippen LogP contribution in [0.1, 0.15) is 11.3 Å². The number of pyridine rings is 1. The summed E-state index contributed by atoms with van der Waals surface area (Å²) in [5, 5.41) is 12.4. The minimum atomic E-state index is -4.61. The first-order valence-corrected chi connectivity index (χ1v) is 6.72. The van der Waals surface area contributed by atoms with Crippen LogP contribution in [0.25, 0.3) is 5.82 Å². The van der Waals surface area contributed by atoms with Gasteiger partial charge in [-0.05, 0) is 19.1 Å². The first kappa shape index (κ1) is 15.4. The van der Waals surface area contributed by atoms with Crippen LogP contribution in [0.4, 0.5) is 13.2 Å². The lowest BCUT2D eigenvalue weighted by Crippen LogP contribution is -2.09. The second-order valence-electron chi connectivity index (χ2n) is 4.06. The zero-order valence-electron chi connectivity index (χ0n) is 10.8. The molecule has 0 aliphatic carbocycles. The van der Waals surface area contributed by atoms with Gasteiger partial charge in [0.05, 0.1) is 5.75 Å². The fourth-order valence-electron chi connectivity index (χ4n) is 1.68. The molecule has 0 atom stereocenters. The van der Waals surface area contributed by atoms with Crippen molar-refractivity contribution >= 4 is 17.7 Å². The molecule has 0 fully saturated rings. The molecule has 0 saturated carbocycles. The lowest BCUT2D eigenvalue weighted by atomic mass is 10.3. The highest BCUT2D eigenvalue weighted by molar-refractivity contribution is 7.99. The lowest BCUT2D eigenvalue weighted by Gasteiger charge is -2.05. The van der Waals surface area contributed by atoms with Gasteiger partial charge >= 0.3 is 12.1 Å². The van der Waals surface area contributed by atoms with Gasteiger partial charge in [0.15, 0.2) is 11.5 Å². The van der Waals surface area contributed by atoms with E-state index in [0.29, 0.717) is 0 Å². The number of carbonyl (C=O) groups is 1. The van der Waals surface area contributed by atoms with Crippen molar-refractivity contribution in [1.29, 1.82) is 0 Å². The van der Waals surface area contributed by atoms with E-state index in [9.17, 15) is 18.0 Å². The molecule has 0 aromatic carbocycles. The van der Waals surface area contributed by atoms with Gasteiger partial charge in [0.25, 0.3) is 0 Å². The molecule has 0 radical (unpaired) electrons. The number of aliphatic carboxylic acids is 1. The summed E-state index contributed by atoms with van der Waals surface area (Å²) < 4.78 is 39.8. The van der Waals surface area contributed by atoms with E-state index in [-0.39, 0.29) is 22.2 Å². The Balaban J connectivity index is 2.54. The Morgan fingerprint density at radius 1 is 1.43 bits per heavy atom. The highest BCUT2D eigenvalue weighted by atomic mass is 32.2. The minimum Gasteiger partial charge on any atom is -0.481 e. The Hall–Kier alpha value is -2.03. The van der Waals surface area contributed by atoms with Crippen molar-refractivity contribution in [3.8, 4) is 5.82 Å². The minimum absolute atomic E-state index is 0.112. The average molecular weight is 317 g/mol. The van der Waals surface area contributed by atoms with Crippen LogP contribution in [0.15, 0.2) is 29.4 Å². The summed E-state index contributed by atoms with van der Waals surface area (Å²) in [6.45, 7) is 1.26. The summed E-state index contributed by atoms with van der Waals surface area (Å²) >= 11 is 0.774. The number of thioether (sulfide) groups is 1. The molecule has 2 heterocycles. The molecule has 0 spiro atoms. The van der Waals surface area contributed by atoms with E-state index in [0.717, 1.165) is 16.4 Å². The molecular formula is C12H10F3N3O2S. The van der Waals surface area contributed by atoms with Crippen LogP contribution in [0, 0.1) is 6.92 Å². The van der Waals surface area contributed by atoms with Gasteiger partial charge in [-0.15, -0.1) is 0 Å². The summed E-state index contributed by atoms with van der Waals surface area (Å²) in [7, 11) is 0. The fourth-order valence-corrected chi connectivity index (χ4v) is 2.51. The predicted octanol–water partition coefficient (Wildman–Crippen LogP) is 2.77. The average Bonchev–Trinajstić information content (AvgIpc) is 2.74. The molecule has 0 bridgehead atoms. The van der Waals surface area contributed by atoms with Gasteiger partial charge in [-0.2, -0.15) is 18.3 Å². The Labute approximate surface area is 121 Å². The Bertz CT molecular complexity index is 656. The van der Waals surface area contributed by atoms with Crippen molar-refractivity contribution in [2.45, 2.75) is 18.1 Å². The topological polar surface area (TPSA) is 68.0 Å². The van der Waals surface area contributed by atoms with Crippen LogP contribution in [0.2, 0.25) is 0 Å². The normalized spacial score (nSPS) is 11.6. The van der Waals surface area contributed by atoms with Crippen molar-refractivity contribution in [2.24, 2.45) is 0 Å². The quantitative estimate of drug-likeness (QED) is 0.878. The zero-order valence-corrected chi connectivity index (χ0v) is 11.6. The number of aromatic nitrogens is 3. The van der Waals surface area contributed by atoms with Crippen LogP contribution >= 0.6 is 11.8 Å². The van der Waals surface area contributed by atoms with E-state index in [1.807, 2.05) is 0 Å². The number of hydrogen-bond acceptors (Lipinski definition) is 4. The highest BCUT2D eigenvalue weighted by Gasteiger charge is 2.38. The number of carboxylic acids is 1. The second kappa shape index (κ2) is 5.76. The third-order valence-electron chi connectivity index (χ3n) is 2.54. The summed E-state index contributed by atoms with van der Waals surface area (Å²) in [5.74, 6) is -1.29. The number of carboxylic acid groups (broad SMARTS) is 1. The van der Waals surface area contributed by atoms with Crippen molar-refractivity contribution in [3.63, 3.8) is 0 Å². The third kappa shape index (κ3) is 3.35. The van der Waals surface area contributed by atoms with E-state index >= 15 is 0 Å². The van der Waals surface area contributed by atoms with Gasteiger partial charge in [-0.3, -0.25) is 4.79 Å². The summed E-state index contributed by atoms with van der Waals surface area (Å²) in [4.78, 5) is 14.6. The Morgan fingerprint density at radius 2 is 2.14 bits per heavy atom. The first-order chi connectivity index (χ1) is 9.80. The molecule has 2 rings (SSSR count). The van der Waals surface area contributed by atoms with Crippen molar-refractivity contribution in [2.75, 3.05) is 5.75 Å². The molecule has 0 amide bonds. The third-order valence-corrected chi connectivity index (χ3v) is 3.68. The highest BCUT2D eigenvalue weighted by Crippen LogP contribution is 2.36. The molecule has 1 N–H and O–H groups in total. The lowest BCUT2D eigenvalue weighted by molar-refractivity contribution is -0.141. The molecule has 0 aliphatic heterocycles. The summed E-state index contributed by atoms with van der Waals surface area (Å²) in [5.41, 5.74) is -1.15. The molecule has 2 aromatic heterocycles. The molecule has 0 unspecified atom stereocenters. The van der Waals surface area contributed by atoms with Crippen LogP contribution in [-0.4, -0.2) is 31.6 Å². The number of nitrogens with zero attached hydrogens (tertiary/aromatic N) is 3. The maximum Gasteiger partial charge on any atom is 0.435 e. The predicted molar refractivity (Wildman–Crippen MR) is 69.5 cm³/mol. The maximum atomic E-state index is 12.9. The number of hydrogen-bond donors (Lipinski definition) is 1. The van der Waals surface area contributed by atoms with Crippen LogP contribution in [0.5, 0.6) is 0 Å². The van der Waals surface area contributed by atoms with Crippen molar-refractivity contribution in [3.05, 3.63) is 35.7 Å². The molecule has 2 aromatic rings. The number of alkyl halides is 3. The van der Waals surface area contributed by atoms with Gasteiger partial charge in [-0.1, -0.05) is 17.8 Å². The molecule has 21 heavy (non-hydrogen) atoms. The Kier molecular flexibility index (Phi) is 4.21. The van der Waals surface area contributed by atoms with E-state index in [4.69, 9.17) is 5.11 Å². The van der Waals surface area contributed by atoms with Gasteiger partial charge in [0, 0.05) is 11.8 Å². The SMILES string of the molecule is Cc1c(C(F)(F)F)nn(-c2ccccn2)c1SCC(=O)O. The van der Waals surface area contributed by atoms with Crippen molar-refractivity contribution < 1.29 is 23.1 Å². The summed E-state index contributed by atoms with van der Waals surface area (Å²) in [6, 6.07) is 4.73. The van der Waals surface area contributed by atoms with Crippen LogP contribution < -0.4 is 0 Å². The smallest absolute Gasteiger partial charge is 0.435 e. The largest absolute Gasteiger partial charge is 0.481 e. The Morgan fingerprint density at radius 3 is 2.67 bits per heavy atom. The molecular weight excluding hydrogens is 307 g/mol. The van der Waals surface area contributed by atoms with Crippen LogP contribution in [0.3, 0.4) is 0 Å². The monoisotopic (exact) mass is 317 g/mol. The van der Waals surface area contributed by atoms with E-state index in [2.05, 4.69) is 10.1 Å². The molecule has 9 heteroatoms. The zero-order chi connectivity index (χ0) is 15.6. The fraction of sp³-hybridized carbons (Fsp3) is 0.250. The van der Waals surface area contributed by atoms with E-state index < -0.39 is 17.8 Å². The molecule has 112 valence electrons. The van der Waals surface area contributed by atoms with E-state index in [1.54, 1.807) is 12.1 Å². The molecule has 0 aliphatic rings.